The lowest BCUT2D eigenvalue weighted by Gasteiger charge is -2.17. The Morgan fingerprint density at radius 3 is 3.00 bits per heavy atom. The van der Waals surface area contributed by atoms with Crippen LogP contribution in [0.3, 0.4) is 0 Å². The Morgan fingerprint density at radius 2 is 2.29 bits per heavy atom. The first kappa shape index (κ1) is 17.5. The number of hydrogen-bond donors (Lipinski definition) is 0. The fourth-order valence-corrected chi connectivity index (χ4v) is 4.18. The van der Waals surface area contributed by atoms with E-state index in [1.54, 1.807) is 22.3 Å². The van der Waals surface area contributed by atoms with Crippen molar-refractivity contribution < 1.29 is 14.3 Å². The van der Waals surface area contributed by atoms with Gasteiger partial charge in [0, 0.05) is 24.1 Å². The largest absolute Gasteiger partial charge is 0.491 e. The van der Waals surface area contributed by atoms with Crippen molar-refractivity contribution in [3.63, 3.8) is 0 Å². The summed E-state index contributed by atoms with van der Waals surface area (Å²) in [5.74, 6) is 0.700. The Bertz CT molecular complexity index is 697. The van der Waals surface area contributed by atoms with E-state index in [1.165, 1.54) is 0 Å². The van der Waals surface area contributed by atoms with E-state index in [4.69, 9.17) is 9.47 Å². The molecule has 4 nitrogen and oxygen atoms in total. The van der Waals surface area contributed by atoms with Crippen molar-refractivity contribution in [3.8, 4) is 5.75 Å². The molecule has 0 saturated carbocycles. The quantitative estimate of drug-likeness (QED) is 0.711. The second-order valence-corrected chi connectivity index (χ2v) is 8.39. The fraction of sp³-hybridized carbons (Fsp3) is 0.389. The lowest BCUT2D eigenvalue weighted by molar-refractivity contribution is 0.0678. The standard InChI is InChI=1S/C18H20BrNO3S/c1-20(11-16-7-8-17(19)24-16)18(21)13-4-2-5-14(10-13)23-12-15-6-3-9-22-15/h2,4-5,7-8,10,15H,3,6,9,11-12H2,1H3. The van der Waals surface area contributed by atoms with Gasteiger partial charge in [0.15, 0.2) is 0 Å². The van der Waals surface area contributed by atoms with E-state index in [1.807, 2.05) is 37.4 Å². The van der Waals surface area contributed by atoms with Crippen LogP contribution in [0.2, 0.25) is 0 Å². The maximum Gasteiger partial charge on any atom is 0.254 e. The van der Waals surface area contributed by atoms with Crippen LogP contribution >= 0.6 is 27.3 Å². The van der Waals surface area contributed by atoms with Crippen LogP contribution in [-0.2, 0) is 11.3 Å². The summed E-state index contributed by atoms with van der Waals surface area (Å²) in [5.41, 5.74) is 0.637. The number of amides is 1. The van der Waals surface area contributed by atoms with Gasteiger partial charge >= 0.3 is 0 Å². The second-order valence-electron chi connectivity index (χ2n) is 5.84. The molecule has 1 aliphatic rings. The fourth-order valence-electron chi connectivity index (χ4n) is 2.65. The summed E-state index contributed by atoms with van der Waals surface area (Å²) in [6, 6.07) is 11.4. The van der Waals surface area contributed by atoms with Crippen molar-refractivity contribution in [2.45, 2.75) is 25.5 Å². The normalized spacial score (nSPS) is 17.0. The SMILES string of the molecule is CN(Cc1ccc(Br)s1)C(=O)c1cccc(OCC2CCCO2)c1. The molecule has 2 aromatic rings. The second kappa shape index (κ2) is 8.14. The van der Waals surface area contributed by atoms with Gasteiger partial charge in [-0.05, 0) is 59.1 Å². The number of rotatable bonds is 6. The van der Waals surface area contributed by atoms with E-state index in [0.717, 1.165) is 28.1 Å². The van der Waals surface area contributed by atoms with Crippen LogP contribution in [0.15, 0.2) is 40.2 Å². The maximum absolute atomic E-state index is 12.6. The third-order valence-electron chi connectivity index (χ3n) is 3.91. The number of carbonyl (C=O) groups excluding carboxylic acids is 1. The zero-order valence-electron chi connectivity index (χ0n) is 13.5. The summed E-state index contributed by atoms with van der Waals surface area (Å²) < 4.78 is 12.4. The van der Waals surface area contributed by atoms with Gasteiger partial charge in [0.05, 0.1) is 16.4 Å². The third-order valence-corrected chi connectivity index (χ3v) is 5.52. The minimum absolute atomic E-state index is 0.0120. The summed E-state index contributed by atoms with van der Waals surface area (Å²) in [6.07, 6.45) is 2.30. The summed E-state index contributed by atoms with van der Waals surface area (Å²) >= 11 is 5.09. The van der Waals surface area contributed by atoms with Gasteiger partial charge < -0.3 is 14.4 Å². The topological polar surface area (TPSA) is 38.8 Å². The molecule has 1 aromatic heterocycles. The highest BCUT2D eigenvalue weighted by atomic mass is 79.9. The van der Waals surface area contributed by atoms with Crippen LogP contribution in [0.5, 0.6) is 5.75 Å². The molecule has 1 amide bonds. The molecule has 0 bridgehead atoms. The molecule has 2 heterocycles. The molecule has 1 fully saturated rings. The lowest BCUT2D eigenvalue weighted by Crippen LogP contribution is -2.25. The van der Waals surface area contributed by atoms with Crippen molar-refractivity contribution >= 4 is 33.2 Å². The number of carbonyl (C=O) groups is 1. The highest BCUT2D eigenvalue weighted by Crippen LogP contribution is 2.24. The Morgan fingerprint density at radius 1 is 1.42 bits per heavy atom. The first-order chi connectivity index (χ1) is 11.6. The number of thiophene rings is 1. The number of ether oxygens (including phenoxy) is 2. The van der Waals surface area contributed by atoms with Crippen LogP contribution in [0.1, 0.15) is 28.1 Å². The van der Waals surface area contributed by atoms with E-state index < -0.39 is 0 Å². The van der Waals surface area contributed by atoms with Crippen LogP contribution in [0.4, 0.5) is 0 Å². The number of halogens is 1. The molecule has 0 N–H and O–H groups in total. The zero-order chi connectivity index (χ0) is 16.9. The molecule has 0 aliphatic carbocycles. The van der Waals surface area contributed by atoms with Crippen molar-refractivity contribution in [3.05, 3.63) is 50.6 Å². The average Bonchev–Trinajstić information content (AvgIpc) is 3.24. The monoisotopic (exact) mass is 409 g/mol. The first-order valence-corrected chi connectivity index (χ1v) is 9.57. The summed E-state index contributed by atoms with van der Waals surface area (Å²) in [4.78, 5) is 15.5. The van der Waals surface area contributed by atoms with E-state index in [2.05, 4.69) is 15.9 Å². The highest BCUT2D eigenvalue weighted by Gasteiger charge is 2.17. The lowest BCUT2D eigenvalue weighted by atomic mass is 10.2. The maximum atomic E-state index is 12.6. The van der Waals surface area contributed by atoms with Crippen molar-refractivity contribution in [2.75, 3.05) is 20.3 Å². The molecular formula is C18H20BrNO3S. The Labute approximate surface area is 154 Å². The number of nitrogens with zero attached hydrogens (tertiary/aromatic N) is 1. The highest BCUT2D eigenvalue weighted by molar-refractivity contribution is 9.11. The molecule has 1 unspecified atom stereocenters. The minimum Gasteiger partial charge on any atom is -0.491 e. The summed E-state index contributed by atoms with van der Waals surface area (Å²) in [7, 11) is 1.82. The molecule has 6 heteroatoms. The van der Waals surface area contributed by atoms with E-state index in [9.17, 15) is 4.79 Å². The summed E-state index contributed by atoms with van der Waals surface area (Å²) in [5, 5.41) is 0. The van der Waals surface area contributed by atoms with Crippen LogP contribution in [0.25, 0.3) is 0 Å². The predicted octanol–water partition coefficient (Wildman–Crippen LogP) is 4.34. The van der Waals surface area contributed by atoms with E-state index in [0.29, 0.717) is 24.5 Å². The Kier molecular flexibility index (Phi) is 5.92. The molecule has 3 rings (SSSR count). The van der Waals surface area contributed by atoms with Crippen molar-refractivity contribution in [1.29, 1.82) is 0 Å². The molecule has 1 atom stereocenters. The molecule has 128 valence electrons. The smallest absolute Gasteiger partial charge is 0.254 e. The van der Waals surface area contributed by atoms with Gasteiger partial charge in [-0.2, -0.15) is 0 Å². The van der Waals surface area contributed by atoms with E-state index >= 15 is 0 Å². The van der Waals surface area contributed by atoms with Gasteiger partial charge in [-0.25, -0.2) is 0 Å². The molecule has 0 spiro atoms. The average molecular weight is 410 g/mol. The van der Waals surface area contributed by atoms with Gasteiger partial charge in [0.1, 0.15) is 12.4 Å². The zero-order valence-corrected chi connectivity index (χ0v) is 15.9. The van der Waals surface area contributed by atoms with Crippen molar-refractivity contribution in [2.24, 2.45) is 0 Å². The van der Waals surface area contributed by atoms with Gasteiger partial charge in [0.25, 0.3) is 5.91 Å². The Balaban J connectivity index is 1.60. The number of hydrogen-bond acceptors (Lipinski definition) is 4. The molecule has 0 radical (unpaired) electrons. The molecular weight excluding hydrogens is 390 g/mol. The molecule has 1 saturated heterocycles. The third kappa shape index (κ3) is 4.59. The van der Waals surface area contributed by atoms with Crippen molar-refractivity contribution in [1.82, 2.24) is 4.90 Å². The Hall–Kier alpha value is -1.37. The first-order valence-electron chi connectivity index (χ1n) is 7.96. The van der Waals surface area contributed by atoms with Gasteiger partial charge in [-0.1, -0.05) is 6.07 Å². The van der Waals surface area contributed by atoms with Crippen LogP contribution < -0.4 is 4.74 Å². The van der Waals surface area contributed by atoms with Crippen LogP contribution in [0, 0.1) is 0 Å². The van der Waals surface area contributed by atoms with Gasteiger partial charge in [-0.15, -0.1) is 11.3 Å². The van der Waals surface area contributed by atoms with Crippen LogP contribution in [-0.4, -0.2) is 37.2 Å². The molecule has 24 heavy (non-hydrogen) atoms. The number of benzene rings is 1. The predicted molar refractivity (Wildman–Crippen MR) is 98.7 cm³/mol. The molecule has 1 aliphatic heterocycles. The molecule has 1 aromatic carbocycles. The van der Waals surface area contributed by atoms with Gasteiger partial charge in [0.2, 0.25) is 0 Å². The van der Waals surface area contributed by atoms with E-state index in [-0.39, 0.29) is 12.0 Å². The summed E-state index contributed by atoms with van der Waals surface area (Å²) in [6.45, 7) is 1.95. The van der Waals surface area contributed by atoms with Gasteiger partial charge in [-0.3, -0.25) is 4.79 Å². The minimum atomic E-state index is -0.0120.